The van der Waals surface area contributed by atoms with E-state index in [1.807, 2.05) is 87.5 Å². The molecular weight excluding hydrogens is 360 g/mol. The number of rotatable bonds is 5. The zero-order valence-electron chi connectivity index (χ0n) is 16.7. The molecule has 4 heteroatoms. The van der Waals surface area contributed by atoms with Crippen LogP contribution >= 0.6 is 0 Å². The molecule has 0 unspecified atom stereocenters. The molecule has 0 spiro atoms. The topological polar surface area (TPSA) is 62.1 Å². The molecule has 3 rings (SSSR count). The first-order valence-corrected chi connectivity index (χ1v) is 9.30. The second-order valence-corrected chi connectivity index (χ2v) is 6.89. The molecule has 0 aromatic heterocycles. The molecular formula is C25H22N2O2. The van der Waals surface area contributed by atoms with Gasteiger partial charge in [-0.15, -0.1) is 0 Å². The second-order valence-electron chi connectivity index (χ2n) is 6.89. The molecule has 144 valence electrons. The number of ether oxygens (including phenoxy) is 1. The van der Waals surface area contributed by atoms with Crippen LogP contribution in [0.1, 0.15) is 22.3 Å². The Bertz CT molecular complexity index is 1090. The van der Waals surface area contributed by atoms with Gasteiger partial charge in [0, 0.05) is 5.69 Å². The first-order valence-electron chi connectivity index (χ1n) is 9.30. The van der Waals surface area contributed by atoms with Crippen molar-refractivity contribution in [2.24, 2.45) is 0 Å². The van der Waals surface area contributed by atoms with Gasteiger partial charge in [-0.05, 0) is 67.8 Å². The number of nitriles is 1. The fourth-order valence-electron chi connectivity index (χ4n) is 3.17. The van der Waals surface area contributed by atoms with Gasteiger partial charge in [0.15, 0.2) is 0 Å². The first-order chi connectivity index (χ1) is 14.0. The molecule has 0 aliphatic heterocycles. The predicted octanol–water partition coefficient (Wildman–Crippen LogP) is 5.95. The van der Waals surface area contributed by atoms with Crippen LogP contribution < -0.4 is 10.1 Å². The average Bonchev–Trinajstić information content (AvgIpc) is 2.69. The maximum atomic E-state index is 12.7. The first kappa shape index (κ1) is 19.9. The van der Waals surface area contributed by atoms with Crippen molar-refractivity contribution in [2.75, 3.05) is 5.32 Å². The van der Waals surface area contributed by atoms with Crippen LogP contribution in [-0.2, 0) is 4.79 Å². The third kappa shape index (κ3) is 5.12. The lowest BCUT2D eigenvalue weighted by Crippen LogP contribution is -2.15. The van der Waals surface area contributed by atoms with Gasteiger partial charge < -0.3 is 10.1 Å². The minimum absolute atomic E-state index is 0.0289. The number of hydrogen-bond donors (Lipinski definition) is 1. The highest BCUT2D eigenvalue weighted by Gasteiger charge is 2.13. The quantitative estimate of drug-likeness (QED) is 0.438. The standard InChI is InChI=1S/C25H22N2O2/c1-17-12-18(2)24(19(3)13-17)27-25(28)21(16-26)14-20-8-7-11-23(15-20)29-22-9-5-4-6-10-22/h4-15H,1-3H3,(H,27,28)/b21-14+. The zero-order chi connectivity index (χ0) is 20.8. The number of amides is 1. The highest BCUT2D eigenvalue weighted by atomic mass is 16.5. The van der Waals surface area contributed by atoms with Crippen LogP contribution in [0.3, 0.4) is 0 Å². The Labute approximate surface area is 171 Å². The molecule has 4 nitrogen and oxygen atoms in total. The summed E-state index contributed by atoms with van der Waals surface area (Å²) in [5.41, 5.74) is 4.54. The lowest BCUT2D eigenvalue weighted by atomic mass is 10.0. The van der Waals surface area contributed by atoms with Gasteiger partial charge >= 0.3 is 0 Å². The van der Waals surface area contributed by atoms with E-state index in [9.17, 15) is 10.1 Å². The van der Waals surface area contributed by atoms with Crippen molar-refractivity contribution < 1.29 is 9.53 Å². The SMILES string of the molecule is Cc1cc(C)c(NC(=O)/C(C#N)=C/c2cccc(Oc3ccccc3)c2)c(C)c1. The van der Waals surface area contributed by atoms with Crippen molar-refractivity contribution in [1.29, 1.82) is 5.26 Å². The summed E-state index contributed by atoms with van der Waals surface area (Å²) < 4.78 is 5.82. The fourth-order valence-corrected chi connectivity index (χ4v) is 3.17. The highest BCUT2D eigenvalue weighted by molar-refractivity contribution is 6.10. The molecule has 0 bridgehead atoms. The minimum atomic E-state index is -0.433. The summed E-state index contributed by atoms with van der Waals surface area (Å²) in [5.74, 6) is 0.919. The molecule has 0 saturated heterocycles. The van der Waals surface area contributed by atoms with Crippen molar-refractivity contribution in [3.8, 4) is 17.6 Å². The zero-order valence-corrected chi connectivity index (χ0v) is 16.7. The van der Waals surface area contributed by atoms with Gasteiger partial charge in [0.25, 0.3) is 5.91 Å². The Hall–Kier alpha value is -3.84. The summed E-state index contributed by atoms with van der Waals surface area (Å²) in [4.78, 5) is 12.7. The van der Waals surface area contributed by atoms with Gasteiger partial charge in [-0.3, -0.25) is 4.79 Å². The molecule has 1 amide bonds. The van der Waals surface area contributed by atoms with E-state index in [1.54, 1.807) is 12.1 Å². The molecule has 29 heavy (non-hydrogen) atoms. The Kier molecular flexibility index (Phi) is 6.11. The van der Waals surface area contributed by atoms with Gasteiger partial charge in [0.2, 0.25) is 0 Å². The number of carbonyl (C=O) groups excluding carboxylic acids is 1. The minimum Gasteiger partial charge on any atom is -0.457 e. The largest absolute Gasteiger partial charge is 0.457 e. The van der Waals surface area contributed by atoms with Crippen LogP contribution in [0.25, 0.3) is 6.08 Å². The highest BCUT2D eigenvalue weighted by Crippen LogP contribution is 2.24. The summed E-state index contributed by atoms with van der Waals surface area (Å²) in [6.45, 7) is 5.89. The maximum Gasteiger partial charge on any atom is 0.266 e. The smallest absolute Gasteiger partial charge is 0.266 e. The van der Waals surface area contributed by atoms with Crippen LogP contribution in [0.2, 0.25) is 0 Å². The summed E-state index contributed by atoms with van der Waals surface area (Å²) >= 11 is 0. The Morgan fingerprint density at radius 2 is 1.59 bits per heavy atom. The van der Waals surface area contributed by atoms with E-state index < -0.39 is 5.91 Å². The lowest BCUT2D eigenvalue weighted by Gasteiger charge is -2.12. The Morgan fingerprint density at radius 3 is 2.24 bits per heavy atom. The van der Waals surface area contributed by atoms with Crippen molar-refractivity contribution in [3.05, 3.63) is 94.6 Å². The summed E-state index contributed by atoms with van der Waals surface area (Å²) in [7, 11) is 0. The van der Waals surface area contributed by atoms with Crippen molar-refractivity contribution in [3.63, 3.8) is 0 Å². The molecule has 0 heterocycles. The molecule has 0 radical (unpaired) electrons. The van der Waals surface area contributed by atoms with Crippen molar-refractivity contribution in [2.45, 2.75) is 20.8 Å². The van der Waals surface area contributed by atoms with Gasteiger partial charge in [-0.2, -0.15) is 5.26 Å². The van der Waals surface area contributed by atoms with Crippen LogP contribution in [-0.4, -0.2) is 5.91 Å². The number of carbonyl (C=O) groups is 1. The molecule has 0 atom stereocenters. The summed E-state index contributed by atoms with van der Waals surface area (Å²) in [5, 5.41) is 12.4. The third-order valence-electron chi connectivity index (χ3n) is 4.43. The van der Waals surface area contributed by atoms with E-state index in [2.05, 4.69) is 5.32 Å². The number of aryl methyl sites for hydroxylation is 3. The lowest BCUT2D eigenvalue weighted by molar-refractivity contribution is -0.112. The fraction of sp³-hybridized carbons (Fsp3) is 0.120. The van der Waals surface area contributed by atoms with E-state index in [0.717, 1.165) is 28.1 Å². The van der Waals surface area contributed by atoms with E-state index in [4.69, 9.17) is 4.74 Å². The van der Waals surface area contributed by atoms with E-state index in [1.165, 1.54) is 0 Å². The number of nitrogens with one attached hydrogen (secondary N) is 1. The number of anilines is 1. The van der Waals surface area contributed by atoms with Gasteiger partial charge in [0.05, 0.1) is 0 Å². The summed E-state index contributed by atoms with van der Waals surface area (Å²) in [6, 6.07) is 22.7. The van der Waals surface area contributed by atoms with Gasteiger partial charge in [0.1, 0.15) is 23.1 Å². The van der Waals surface area contributed by atoms with E-state index in [-0.39, 0.29) is 5.57 Å². The van der Waals surface area contributed by atoms with Crippen LogP contribution in [0.4, 0.5) is 5.69 Å². The molecule has 3 aromatic rings. The van der Waals surface area contributed by atoms with E-state index in [0.29, 0.717) is 11.3 Å². The van der Waals surface area contributed by atoms with Gasteiger partial charge in [-0.25, -0.2) is 0 Å². The van der Waals surface area contributed by atoms with Crippen LogP contribution in [0, 0.1) is 32.1 Å². The molecule has 3 aromatic carbocycles. The van der Waals surface area contributed by atoms with Crippen LogP contribution in [0.15, 0.2) is 72.3 Å². The van der Waals surface area contributed by atoms with Crippen molar-refractivity contribution in [1.82, 2.24) is 0 Å². The predicted molar refractivity (Wildman–Crippen MR) is 116 cm³/mol. The van der Waals surface area contributed by atoms with Crippen LogP contribution in [0.5, 0.6) is 11.5 Å². The van der Waals surface area contributed by atoms with E-state index >= 15 is 0 Å². The third-order valence-corrected chi connectivity index (χ3v) is 4.43. The number of hydrogen-bond acceptors (Lipinski definition) is 3. The Morgan fingerprint density at radius 1 is 0.931 bits per heavy atom. The maximum absolute atomic E-state index is 12.7. The molecule has 0 aliphatic carbocycles. The Balaban J connectivity index is 1.82. The second kappa shape index (κ2) is 8.90. The van der Waals surface area contributed by atoms with Gasteiger partial charge in [-0.1, -0.05) is 48.0 Å². The molecule has 1 N–H and O–H groups in total. The number of nitrogens with zero attached hydrogens (tertiary/aromatic N) is 1. The molecule has 0 fully saturated rings. The normalized spacial score (nSPS) is 10.9. The molecule has 0 aliphatic rings. The van der Waals surface area contributed by atoms with Crippen molar-refractivity contribution >= 4 is 17.7 Å². The number of benzene rings is 3. The number of para-hydroxylation sites is 1. The average molecular weight is 382 g/mol. The molecule has 0 saturated carbocycles. The summed E-state index contributed by atoms with van der Waals surface area (Å²) in [6.07, 6.45) is 1.56. The monoisotopic (exact) mass is 382 g/mol.